The van der Waals surface area contributed by atoms with E-state index < -0.39 is 11.6 Å². The Labute approximate surface area is 115 Å². The highest BCUT2D eigenvalue weighted by Crippen LogP contribution is 2.21. The van der Waals surface area contributed by atoms with Crippen molar-refractivity contribution in [2.45, 2.75) is 13.8 Å². The smallest absolute Gasteiger partial charge is 0.226 e. The van der Waals surface area contributed by atoms with E-state index in [-0.39, 0.29) is 0 Å². The van der Waals surface area contributed by atoms with Crippen molar-refractivity contribution in [3.8, 4) is 0 Å². The van der Waals surface area contributed by atoms with Crippen LogP contribution in [-0.4, -0.2) is 21.5 Å². The van der Waals surface area contributed by atoms with Gasteiger partial charge in [-0.15, -0.1) is 0 Å². The molecule has 1 aromatic carbocycles. The third-order valence-electron chi connectivity index (χ3n) is 3.40. The van der Waals surface area contributed by atoms with E-state index in [9.17, 15) is 9.59 Å². The van der Waals surface area contributed by atoms with Crippen molar-refractivity contribution in [2.24, 2.45) is 0 Å². The maximum absolute atomic E-state index is 11.4. The lowest BCUT2D eigenvalue weighted by Gasteiger charge is -2.07. The molecule has 2 aromatic rings. The van der Waals surface area contributed by atoms with Gasteiger partial charge in [-0.25, -0.2) is 4.98 Å². The molecular weight excluding hydrogens is 252 g/mol. The monoisotopic (exact) mass is 264 g/mol. The molecule has 0 radical (unpaired) electrons. The van der Waals surface area contributed by atoms with Gasteiger partial charge in [-0.3, -0.25) is 14.6 Å². The second kappa shape index (κ2) is 4.49. The third-order valence-corrected chi connectivity index (χ3v) is 3.40. The average molecular weight is 264 g/mol. The summed E-state index contributed by atoms with van der Waals surface area (Å²) >= 11 is 0. The second-order valence-corrected chi connectivity index (χ2v) is 4.84. The summed E-state index contributed by atoms with van der Waals surface area (Å²) in [5.41, 5.74) is 5.12. The van der Waals surface area contributed by atoms with E-state index in [0.717, 1.165) is 22.2 Å². The first-order chi connectivity index (χ1) is 9.54. The molecule has 0 spiro atoms. The number of allylic oxidation sites excluding steroid dienone is 4. The van der Waals surface area contributed by atoms with Crippen molar-refractivity contribution in [3.05, 3.63) is 53.4 Å². The average Bonchev–Trinajstić information content (AvgIpc) is 2.43. The van der Waals surface area contributed by atoms with Crippen LogP contribution in [0.25, 0.3) is 16.6 Å². The summed E-state index contributed by atoms with van der Waals surface area (Å²) in [6, 6.07) is 3.96. The molecule has 0 fully saturated rings. The molecule has 20 heavy (non-hydrogen) atoms. The number of fused-ring (bicyclic) bond motifs is 1. The highest BCUT2D eigenvalue weighted by Gasteiger charge is 2.15. The maximum Gasteiger partial charge on any atom is 0.226 e. The Kier molecular flexibility index (Phi) is 2.79. The van der Waals surface area contributed by atoms with Gasteiger partial charge in [0.2, 0.25) is 11.6 Å². The van der Waals surface area contributed by atoms with Gasteiger partial charge in [0, 0.05) is 5.57 Å². The Morgan fingerprint density at radius 1 is 0.900 bits per heavy atom. The van der Waals surface area contributed by atoms with Crippen molar-refractivity contribution in [3.63, 3.8) is 0 Å². The molecule has 1 aliphatic carbocycles. The summed E-state index contributed by atoms with van der Waals surface area (Å²) in [7, 11) is 0. The normalized spacial score (nSPS) is 14.8. The third kappa shape index (κ3) is 2.05. The molecule has 1 aliphatic rings. The molecule has 98 valence electrons. The van der Waals surface area contributed by atoms with Crippen molar-refractivity contribution < 1.29 is 9.59 Å². The molecule has 0 saturated carbocycles. The van der Waals surface area contributed by atoms with E-state index in [1.807, 2.05) is 26.0 Å². The Morgan fingerprint density at radius 3 is 2.30 bits per heavy atom. The van der Waals surface area contributed by atoms with E-state index in [4.69, 9.17) is 0 Å². The molecule has 0 atom stereocenters. The van der Waals surface area contributed by atoms with Crippen molar-refractivity contribution in [1.82, 2.24) is 9.97 Å². The highest BCUT2D eigenvalue weighted by atomic mass is 16.2. The molecule has 0 saturated heterocycles. The maximum atomic E-state index is 11.4. The topological polar surface area (TPSA) is 59.9 Å². The Balaban J connectivity index is 2.12. The lowest BCUT2D eigenvalue weighted by molar-refractivity contribution is -0.131. The minimum Gasteiger partial charge on any atom is -0.286 e. The number of aromatic nitrogens is 2. The van der Waals surface area contributed by atoms with Gasteiger partial charge >= 0.3 is 0 Å². The van der Waals surface area contributed by atoms with Gasteiger partial charge in [0.15, 0.2) is 0 Å². The second-order valence-electron chi connectivity index (χ2n) is 4.84. The Morgan fingerprint density at radius 2 is 1.60 bits per heavy atom. The van der Waals surface area contributed by atoms with Crippen molar-refractivity contribution >= 4 is 28.2 Å². The predicted molar refractivity (Wildman–Crippen MR) is 76.1 cm³/mol. The van der Waals surface area contributed by atoms with Gasteiger partial charge in [0.1, 0.15) is 0 Å². The molecule has 0 aliphatic heterocycles. The summed E-state index contributed by atoms with van der Waals surface area (Å²) in [5, 5.41) is 0. The van der Waals surface area contributed by atoms with Gasteiger partial charge in [0.25, 0.3) is 0 Å². The van der Waals surface area contributed by atoms with E-state index in [1.165, 1.54) is 12.2 Å². The predicted octanol–water partition coefficient (Wildman–Crippen LogP) is 2.34. The van der Waals surface area contributed by atoms with Crippen LogP contribution in [-0.2, 0) is 9.59 Å². The minimum atomic E-state index is -0.524. The van der Waals surface area contributed by atoms with E-state index in [1.54, 1.807) is 12.3 Å². The van der Waals surface area contributed by atoms with Gasteiger partial charge in [0.05, 0.1) is 22.9 Å². The zero-order valence-electron chi connectivity index (χ0n) is 11.2. The summed E-state index contributed by atoms with van der Waals surface area (Å²) in [5.74, 6) is -1.03. The van der Waals surface area contributed by atoms with E-state index in [0.29, 0.717) is 11.3 Å². The molecule has 3 rings (SSSR count). The fraction of sp³-hybridized carbons (Fsp3) is 0.125. The summed E-state index contributed by atoms with van der Waals surface area (Å²) < 4.78 is 0. The number of carbonyl (C=O) groups is 2. The van der Waals surface area contributed by atoms with Crippen LogP contribution >= 0.6 is 0 Å². The number of hydrogen-bond acceptors (Lipinski definition) is 4. The fourth-order valence-corrected chi connectivity index (χ4v) is 2.07. The molecule has 4 heteroatoms. The van der Waals surface area contributed by atoms with Crippen LogP contribution < -0.4 is 0 Å². The van der Waals surface area contributed by atoms with Crippen molar-refractivity contribution in [2.75, 3.05) is 0 Å². The molecule has 1 heterocycles. The Bertz CT molecular complexity index is 817. The molecular formula is C16H12N2O2. The quantitative estimate of drug-likeness (QED) is 0.586. The highest BCUT2D eigenvalue weighted by molar-refractivity contribution is 6.48. The minimum absolute atomic E-state index is 0.506. The fourth-order valence-electron chi connectivity index (χ4n) is 2.07. The van der Waals surface area contributed by atoms with Crippen LogP contribution in [0.3, 0.4) is 0 Å². The van der Waals surface area contributed by atoms with Gasteiger partial charge in [-0.1, -0.05) is 0 Å². The largest absolute Gasteiger partial charge is 0.286 e. The molecule has 0 unspecified atom stereocenters. The van der Waals surface area contributed by atoms with E-state index in [2.05, 4.69) is 9.97 Å². The number of ketones is 2. The summed E-state index contributed by atoms with van der Waals surface area (Å²) in [6.45, 7) is 4.05. The zero-order valence-corrected chi connectivity index (χ0v) is 11.2. The zero-order chi connectivity index (χ0) is 14.3. The van der Waals surface area contributed by atoms with Crippen LogP contribution in [0.1, 0.15) is 16.8 Å². The SMILES string of the molecule is Cc1cc2ncc(C3=CC(=O)C(=O)C=C3)nc2cc1C. The summed E-state index contributed by atoms with van der Waals surface area (Å²) in [4.78, 5) is 31.4. The number of hydrogen-bond donors (Lipinski definition) is 0. The number of benzene rings is 1. The lowest BCUT2D eigenvalue weighted by atomic mass is 10.0. The number of rotatable bonds is 1. The van der Waals surface area contributed by atoms with Gasteiger partial charge in [-0.2, -0.15) is 0 Å². The van der Waals surface area contributed by atoms with Crippen molar-refractivity contribution in [1.29, 1.82) is 0 Å². The van der Waals surface area contributed by atoms with Crippen LogP contribution in [0.15, 0.2) is 36.6 Å². The lowest BCUT2D eigenvalue weighted by Crippen LogP contribution is -2.11. The number of aryl methyl sites for hydroxylation is 2. The van der Waals surface area contributed by atoms with Gasteiger partial charge in [-0.05, 0) is 55.3 Å². The first-order valence-corrected chi connectivity index (χ1v) is 6.27. The molecule has 1 aromatic heterocycles. The molecule has 0 bridgehead atoms. The van der Waals surface area contributed by atoms with Gasteiger partial charge < -0.3 is 0 Å². The summed E-state index contributed by atoms with van der Waals surface area (Å²) in [6.07, 6.45) is 5.79. The van der Waals surface area contributed by atoms with Crippen LogP contribution in [0.5, 0.6) is 0 Å². The first kappa shape index (κ1) is 12.4. The Hall–Kier alpha value is -2.62. The standard InChI is InChI=1S/C16H12N2O2/c1-9-5-12-13(6-10(9)2)18-14(8-17-12)11-3-4-15(19)16(20)7-11/h3-8H,1-2H3. The molecule has 0 N–H and O–H groups in total. The first-order valence-electron chi connectivity index (χ1n) is 6.27. The molecule has 0 amide bonds. The number of carbonyl (C=O) groups excluding carboxylic acids is 2. The van der Waals surface area contributed by atoms with Crippen LogP contribution in [0.4, 0.5) is 0 Å². The van der Waals surface area contributed by atoms with E-state index >= 15 is 0 Å². The van der Waals surface area contributed by atoms with Crippen LogP contribution in [0, 0.1) is 13.8 Å². The molecule has 4 nitrogen and oxygen atoms in total. The number of nitrogens with zero attached hydrogens (tertiary/aromatic N) is 2. The van der Waals surface area contributed by atoms with Crippen LogP contribution in [0.2, 0.25) is 0 Å².